The predicted octanol–water partition coefficient (Wildman–Crippen LogP) is 0.429. The first kappa shape index (κ1) is 11.4. The molecule has 0 amide bonds. The Bertz CT molecular complexity index is 375. The number of benzene rings is 1. The van der Waals surface area contributed by atoms with Crippen LogP contribution >= 0.6 is 0 Å². The van der Waals surface area contributed by atoms with E-state index >= 15 is 0 Å². The molecule has 0 aliphatic rings. The van der Waals surface area contributed by atoms with Crippen molar-refractivity contribution in [1.29, 1.82) is 5.26 Å². The van der Waals surface area contributed by atoms with Gasteiger partial charge in [0.2, 0.25) is 0 Å². The summed E-state index contributed by atoms with van der Waals surface area (Å²) in [7, 11) is 0. The fraction of sp³-hybridized carbons (Fsp3) is 0.300. The second-order valence-corrected chi connectivity index (χ2v) is 2.90. The second-order valence-electron chi connectivity index (χ2n) is 2.90. The molecular weight excluding hydrogens is 201 g/mol. The first-order valence-electron chi connectivity index (χ1n) is 4.28. The predicted molar refractivity (Wildman–Crippen MR) is 49.7 cm³/mol. The van der Waals surface area contributed by atoms with Crippen LogP contribution in [0, 0.1) is 17.1 Å². The third-order valence-electron chi connectivity index (χ3n) is 1.70. The van der Waals surface area contributed by atoms with Gasteiger partial charge in [0.25, 0.3) is 0 Å². The highest BCUT2D eigenvalue weighted by Gasteiger charge is 2.07. The zero-order valence-corrected chi connectivity index (χ0v) is 7.85. The molecule has 0 aliphatic heterocycles. The molecule has 1 aromatic rings. The van der Waals surface area contributed by atoms with Crippen LogP contribution in [0.15, 0.2) is 18.2 Å². The van der Waals surface area contributed by atoms with E-state index in [1.165, 1.54) is 12.1 Å². The lowest BCUT2D eigenvalue weighted by Gasteiger charge is -2.10. The number of aliphatic hydroxyl groups is 2. The monoisotopic (exact) mass is 211 g/mol. The standard InChI is InChI=1S/C10H10FNO3/c11-9-3-7(4-12)1-2-10(9)15-6-8(14)5-13/h1-3,8,13-14H,5-6H2. The highest BCUT2D eigenvalue weighted by Crippen LogP contribution is 2.17. The van der Waals surface area contributed by atoms with E-state index in [0.29, 0.717) is 0 Å². The van der Waals surface area contributed by atoms with Gasteiger partial charge >= 0.3 is 0 Å². The largest absolute Gasteiger partial charge is 0.488 e. The molecule has 5 heteroatoms. The summed E-state index contributed by atoms with van der Waals surface area (Å²) in [5.41, 5.74) is 0.197. The van der Waals surface area contributed by atoms with E-state index in [-0.39, 0.29) is 17.9 Å². The van der Waals surface area contributed by atoms with Crippen molar-refractivity contribution in [2.75, 3.05) is 13.2 Å². The summed E-state index contributed by atoms with van der Waals surface area (Å²) in [6.45, 7) is -0.642. The van der Waals surface area contributed by atoms with Gasteiger partial charge in [-0.25, -0.2) is 4.39 Å². The molecule has 1 rings (SSSR count). The number of aliphatic hydroxyl groups excluding tert-OH is 2. The molecule has 0 spiro atoms. The Balaban J connectivity index is 2.67. The van der Waals surface area contributed by atoms with Crippen LogP contribution in [0.4, 0.5) is 4.39 Å². The van der Waals surface area contributed by atoms with E-state index in [1.807, 2.05) is 0 Å². The summed E-state index contributed by atoms with van der Waals surface area (Å²) in [6, 6.07) is 5.54. The molecule has 0 bridgehead atoms. The quantitative estimate of drug-likeness (QED) is 0.757. The van der Waals surface area contributed by atoms with Crippen molar-refractivity contribution in [3.63, 3.8) is 0 Å². The van der Waals surface area contributed by atoms with Gasteiger partial charge in [0.15, 0.2) is 11.6 Å². The van der Waals surface area contributed by atoms with Crippen LogP contribution in [0.3, 0.4) is 0 Å². The number of halogens is 1. The lowest BCUT2D eigenvalue weighted by atomic mass is 10.2. The molecule has 1 atom stereocenters. The summed E-state index contributed by atoms with van der Waals surface area (Å²) in [4.78, 5) is 0. The maximum atomic E-state index is 13.2. The summed E-state index contributed by atoms with van der Waals surface area (Å²) in [5.74, 6) is -0.722. The average molecular weight is 211 g/mol. The van der Waals surface area contributed by atoms with E-state index in [4.69, 9.17) is 20.2 Å². The zero-order valence-electron chi connectivity index (χ0n) is 7.85. The van der Waals surface area contributed by atoms with Crippen LogP contribution in [0.5, 0.6) is 5.75 Å². The minimum Gasteiger partial charge on any atom is -0.488 e. The van der Waals surface area contributed by atoms with Crippen LogP contribution in [-0.4, -0.2) is 29.5 Å². The molecule has 15 heavy (non-hydrogen) atoms. The summed E-state index contributed by atoms with van der Waals surface area (Å²) in [5, 5.41) is 25.9. The van der Waals surface area contributed by atoms with Crippen molar-refractivity contribution in [3.05, 3.63) is 29.6 Å². The van der Waals surface area contributed by atoms with Crippen molar-refractivity contribution in [3.8, 4) is 11.8 Å². The van der Waals surface area contributed by atoms with Gasteiger partial charge in [0, 0.05) is 0 Å². The Morgan fingerprint density at radius 1 is 1.53 bits per heavy atom. The number of rotatable bonds is 4. The molecule has 0 saturated carbocycles. The van der Waals surface area contributed by atoms with Crippen molar-refractivity contribution < 1.29 is 19.3 Å². The molecule has 0 aromatic heterocycles. The fourth-order valence-corrected chi connectivity index (χ4v) is 0.926. The highest BCUT2D eigenvalue weighted by atomic mass is 19.1. The van der Waals surface area contributed by atoms with E-state index in [9.17, 15) is 4.39 Å². The normalized spacial score (nSPS) is 11.9. The van der Waals surface area contributed by atoms with Gasteiger partial charge in [0.05, 0.1) is 18.2 Å². The van der Waals surface area contributed by atoms with Gasteiger partial charge < -0.3 is 14.9 Å². The Kier molecular flexibility index (Phi) is 4.03. The van der Waals surface area contributed by atoms with Gasteiger partial charge in [-0.15, -0.1) is 0 Å². The van der Waals surface area contributed by atoms with Crippen LogP contribution in [-0.2, 0) is 0 Å². The Morgan fingerprint density at radius 2 is 2.27 bits per heavy atom. The maximum Gasteiger partial charge on any atom is 0.166 e. The summed E-state index contributed by atoms with van der Waals surface area (Å²) < 4.78 is 18.1. The Hall–Kier alpha value is -1.64. The van der Waals surface area contributed by atoms with Gasteiger partial charge in [-0.1, -0.05) is 0 Å². The minimum atomic E-state index is -1.04. The Morgan fingerprint density at radius 3 is 2.80 bits per heavy atom. The third kappa shape index (κ3) is 3.20. The molecular formula is C10H10FNO3. The van der Waals surface area contributed by atoms with Crippen molar-refractivity contribution in [1.82, 2.24) is 0 Å². The van der Waals surface area contributed by atoms with Crippen LogP contribution in [0.2, 0.25) is 0 Å². The average Bonchev–Trinajstić information content (AvgIpc) is 2.26. The molecule has 0 heterocycles. The highest BCUT2D eigenvalue weighted by molar-refractivity contribution is 5.35. The topological polar surface area (TPSA) is 73.5 Å². The van der Waals surface area contributed by atoms with E-state index in [2.05, 4.69) is 0 Å². The van der Waals surface area contributed by atoms with Crippen molar-refractivity contribution in [2.45, 2.75) is 6.10 Å². The summed E-state index contributed by atoms with van der Waals surface area (Å²) >= 11 is 0. The molecule has 1 aromatic carbocycles. The minimum absolute atomic E-state index is 0.0542. The maximum absolute atomic E-state index is 13.2. The molecule has 0 radical (unpaired) electrons. The number of hydrogen-bond donors (Lipinski definition) is 2. The zero-order chi connectivity index (χ0) is 11.3. The number of nitrogens with zero attached hydrogens (tertiary/aromatic N) is 1. The smallest absolute Gasteiger partial charge is 0.166 e. The first-order chi connectivity index (χ1) is 7.17. The van der Waals surface area contributed by atoms with Gasteiger partial charge in [-0.05, 0) is 18.2 Å². The van der Waals surface area contributed by atoms with Crippen molar-refractivity contribution in [2.24, 2.45) is 0 Å². The fourth-order valence-electron chi connectivity index (χ4n) is 0.926. The molecule has 0 saturated heterocycles. The summed E-state index contributed by atoms with van der Waals surface area (Å²) in [6.07, 6.45) is -1.04. The first-order valence-corrected chi connectivity index (χ1v) is 4.28. The molecule has 80 valence electrons. The van der Waals surface area contributed by atoms with E-state index in [1.54, 1.807) is 6.07 Å². The SMILES string of the molecule is N#Cc1ccc(OCC(O)CO)c(F)c1. The molecule has 2 N–H and O–H groups in total. The molecule has 4 nitrogen and oxygen atoms in total. The van der Waals surface area contributed by atoms with Gasteiger partial charge in [-0.3, -0.25) is 0 Å². The molecule has 0 fully saturated rings. The number of ether oxygens (including phenoxy) is 1. The molecule has 1 unspecified atom stereocenters. The lowest BCUT2D eigenvalue weighted by molar-refractivity contribution is 0.0523. The van der Waals surface area contributed by atoms with Crippen molar-refractivity contribution >= 4 is 0 Å². The van der Waals surface area contributed by atoms with Crippen LogP contribution in [0.1, 0.15) is 5.56 Å². The lowest BCUT2D eigenvalue weighted by Crippen LogP contribution is -2.21. The Labute approximate surface area is 86.2 Å². The van der Waals surface area contributed by atoms with E-state index < -0.39 is 18.5 Å². The third-order valence-corrected chi connectivity index (χ3v) is 1.70. The number of hydrogen-bond acceptors (Lipinski definition) is 4. The van der Waals surface area contributed by atoms with E-state index in [0.717, 1.165) is 6.07 Å². The van der Waals surface area contributed by atoms with Gasteiger partial charge in [-0.2, -0.15) is 5.26 Å². The molecule has 0 aliphatic carbocycles. The van der Waals surface area contributed by atoms with Crippen LogP contribution < -0.4 is 4.74 Å². The second kappa shape index (κ2) is 5.29. The number of nitriles is 1. The van der Waals surface area contributed by atoms with Crippen LogP contribution in [0.25, 0.3) is 0 Å². The van der Waals surface area contributed by atoms with Gasteiger partial charge in [0.1, 0.15) is 12.7 Å².